The molecule has 0 aliphatic heterocycles. The summed E-state index contributed by atoms with van der Waals surface area (Å²) in [5.41, 5.74) is 0.435. The Bertz CT molecular complexity index is 797. The second kappa shape index (κ2) is 5.16. The number of rotatable bonds is 2. The van der Waals surface area contributed by atoms with Gasteiger partial charge in [0.05, 0.1) is 24.3 Å². The number of anilines is 2. The smallest absolute Gasteiger partial charge is 0.305 e. The number of urea groups is 1. The summed E-state index contributed by atoms with van der Waals surface area (Å²) in [4.78, 5) is 15.8. The molecule has 0 fully saturated rings. The van der Waals surface area contributed by atoms with Crippen molar-refractivity contribution in [3.8, 4) is 0 Å². The molecule has 21 heavy (non-hydrogen) atoms. The van der Waals surface area contributed by atoms with Gasteiger partial charge in [-0.2, -0.15) is 5.10 Å². The average Bonchev–Trinajstić information content (AvgIpc) is 2.90. The number of carbonyl (C=O) groups excluding carboxylic acids is 1. The van der Waals surface area contributed by atoms with Crippen LogP contribution in [-0.4, -0.2) is 20.6 Å². The quantitative estimate of drug-likeness (QED) is 0.762. The zero-order valence-corrected chi connectivity index (χ0v) is 10.5. The summed E-state index contributed by atoms with van der Waals surface area (Å²) in [7, 11) is 0. The highest BCUT2D eigenvalue weighted by atomic mass is 19.1. The number of para-hydroxylation sites is 1. The van der Waals surface area contributed by atoms with E-state index in [1.807, 2.05) is 0 Å². The van der Waals surface area contributed by atoms with Crippen LogP contribution in [0.3, 0.4) is 0 Å². The van der Waals surface area contributed by atoms with Gasteiger partial charge in [-0.05, 0) is 12.1 Å². The van der Waals surface area contributed by atoms with E-state index in [0.717, 1.165) is 12.1 Å². The van der Waals surface area contributed by atoms with Crippen molar-refractivity contribution in [2.24, 2.45) is 0 Å². The second-order valence-corrected chi connectivity index (χ2v) is 4.15. The molecule has 1 aromatic carbocycles. The van der Waals surface area contributed by atoms with Crippen LogP contribution in [0.25, 0.3) is 5.65 Å². The van der Waals surface area contributed by atoms with Crippen molar-refractivity contribution in [1.29, 1.82) is 0 Å². The highest BCUT2D eigenvalue weighted by Gasteiger charge is 2.12. The maximum atomic E-state index is 13.4. The van der Waals surface area contributed by atoms with Crippen molar-refractivity contribution in [3.05, 3.63) is 54.5 Å². The van der Waals surface area contributed by atoms with E-state index in [1.165, 1.54) is 23.0 Å². The summed E-state index contributed by atoms with van der Waals surface area (Å²) < 4.78 is 28.3. The summed E-state index contributed by atoms with van der Waals surface area (Å²) in [6.07, 6.45) is 4.49. The monoisotopic (exact) mass is 289 g/mol. The predicted octanol–water partition coefficient (Wildman–Crippen LogP) is 2.65. The first-order chi connectivity index (χ1) is 10.1. The SMILES string of the molecule is O=C(Nc1cnc2ccnn2c1)Nc1c(F)cccc1F. The lowest BCUT2D eigenvalue weighted by Crippen LogP contribution is -2.21. The summed E-state index contributed by atoms with van der Waals surface area (Å²) >= 11 is 0. The van der Waals surface area contributed by atoms with E-state index in [-0.39, 0.29) is 0 Å². The molecule has 6 nitrogen and oxygen atoms in total. The van der Waals surface area contributed by atoms with Crippen molar-refractivity contribution < 1.29 is 13.6 Å². The van der Waals surface area contributed by atoms with Gasteiger partial charge in [0.1, 0.15) is 17.3 Å². The Morgan fingerprint density at radius 2 is 1.90 bits per heavy atom. The highest BCUT2D eigenvalue weighted by molar-refractivity contribution is 5.99. The zero-order chi connectivity index (χ0) is 14.8. The first-order valence-electron chi connectivity index (χ1n) is 5.95. The van der Waals surface area contributed by atoms with E-state index in [2.05, 4.69) is 20.7 Å². The molecule has 0 saturated carbocycles. The number of aromatic nitrogens is 3. The number of hydrogen-bond donors (Lipinski definition) is 2. The molecule has 0 unspecified atom stereocenters. The molecular formula is C13H9F2N5O. The summed E-state index contributed by atoms with van der Waals surface area (Å²) in [6, 6.07) is 4.22. The Hall–Kier alpha value is -3.03. The molecule has 2 heterocycles. The van der Waals surface area contributed by atoms with Crippen molar-refractivity contribution in [1.82, 2.24) is 14.6 Å². The largest absolute Gasteiger partial charge is 0.323 e. The van der Waals surface area contributed by atoms with Crippen LogP contribution in [0.4, 0.5) is 25.0 Å². The molecule has 3 aromatic rings. The number of hydrogen-bond acceptors (Lipinski definition) is 3. The van der Waals surface area contributed by atoms with Crippen LogP contribution in [0.1, 0.15) is 0 Å². The number of fused-ring (bicyclic) bond motifs is 1. The third-order valence-electron chi connectivity index (χ3n) is 2.71. The van der Waals surface area contributed by atoms with Crippen molar-refractivity contribution >= 4 is 23.1 Å². The van der Waals surface area contributed by atoms with Crippen LogP contribution < -0.4 is 10.6 Å². The molecule has 106 valence electrons. The number of halogens is 2. The fraction of sp³-hybridized carbons (Fsp3) is 0. The minimum absolute atomic E-state index is 0.334. The summed E-state index contributed by atoms with van der Waals surface area (Å²) in [5, 5.41) is 8.49. The molecule has 0 spiro atoms. The van der Waals surface area contributed by atoms with Gasteiger partial charge < -0.3 is 10.6 Å². The third-order valence-corrected chi connectivity index (χ3v) is 2.71. The van der Waals surface area contributed by atoms with E-state index < -0.39 is 23.4 Å². The van der Waals surface area contributed by atoms with Gasteiger partial charge in [0.15, 0.2) is 5.65 Å². The van der Waals surface area contributed by atoms with Gasteiger partial charge in [-0.1, -0.05) is 6.07 Å². The van der Waals surface area contributed by atoms with Gasteiger partial charge in [-0.15, -0.1) is 0 Å². The number of nitrogens with one attached hydrogen (secondary N) is 2. The predicted molar refractivity (Wildman–Crippen MR) is 72.0 cm³/mol. The zero-order valence-electron chi connectivity index (χ0n) is 10.5. The molecule has 2 N–H and O–H groups in total. The molecule has 0 aliphatic carbocycles. The van der Waals surface area contributed by atoms with E-state index >= 15 is 0 Å². The van der Waals surface area contributed by atoms with Crippen LogP contribution in [0.15, 0.2) is 42.9 Å². The van der Waals surface area contributed by atoms with Crippen molar-refractivity contribution in [2.45, 2.75) is 0 Å². The van der Waals surface area contributed by atoms with Gasteiger partial charge in [0, 0.05) is 6.07 Å². The van der Waals surface area contributed by atoms with Crippen molar-refractivity contribution in [3.63, 3.8) is 0 Å². The number of benzene rings is 1. The van der Waals surface area contributed by atoms with Crippen LogP contribution in [-0.2, 0) is 0 Å². The lowest BCUT2D eigenvalue weighted by Gasteiger charge is -2.09. The van der Waals surface area contributed by atoms with Crippen LogP contribution in [0.5, 0.6) is 0 Å². The molecular weight excluding hydrogens is 280 g/mol. The summed E-state index contributed by atoms with van der Waals surface area (Å²) in [6.45, 7) is 0. The minimum Gasteiger partial charge on any atom is -0.305 e. The lowest BCUT2D eigenvalue weighted by molar-refractivity contribution is 0.262. The molecule has 0 atom stereocenters. The van der Waals surface area contributed by atoms with Crippen LogP contribution in [0.2, 0.25) is 0 Å². The maximum Gasteiger partial charge on any atom is 0.323 e. The Balaban J connectivity index is 1.77. The van der Waals surface area contributed by atoms with Crippen LogP contribution in [0, 0.1) is 11.6 Å². The van der Waals surface area contributed by atoms with E-state index in [4.69, 9.17) is 0 Å². The lowest BCUT2D eigenvalue weighted by atomic mass is 10.3. The van der Waals surface area contributed by atoms with E-state index in [9.17, 15) is 13.6 Å². The van der Waals surface area contributed by atoms with Crippen molar-refractivity contribution in [2.75, 3.05) is 10.6 Å². The highest BCUT2D eigenvalue weighted by Crippen LogP contribution is 2.18. The Morgan fingerprint density at radius 3 is 2.67 bits per heavy atom. The average molecular weight is 289 g/mol. The Morgan fingerprint density at radius 1 is 1.14 bits per heavy atom. The Labute approximate surface area is 117 Å². The molecule has 0 bridgehead atoms. The number of amides is 2. The first kappa shape index (κ1) is 13.0. The summed E-state index contributed by atoms with van der Waals surface area (Å²) in [5.74, 6) is -1.71. The molecule has 2 amide bonds. The van der Waals surface area contributed by atoms with Gasteiger partial charge in [-0.25, -0.2) is 23.1 Å². The topological polar surface area (TPSA) is 71.3 Å². The number of carbonyl (C=O) groups is 1. The third kappa shape index (κ3) is 2.64. The van der Waals surface area contributed by atoms with Gasteiger partial charge in [0.2, 0.25) is 0 Å². The molecule has 0 radical (unpaired) electrons. The Kier molecular flexibility index (Phi) is 3.19. The van der Waals surface area contributed by atoms with Gasteiger partial charge in [-0.3, -0.25) is 0 Å². The number of nitrogens with zero attached hydrogens (tertiary/aromatic N) is 3. The minimum atomic E-state index is -0.856. The molecule has 3 rings (SSSR count). The normalized spacial score (nSPS) is 10.6. The fourth-order valence-corrected chi connectivity index (χ4v) is 1.77. The van der Waals surface area contributed by atoms with E-state index in [1.54, 1.807) is 12.3 Å². The first-order valence-corrected chi connectivity index (χ1v) is 5.95. The molecule has 2 aromatic heterocycles. The van der Waals surface area contributed by atoms with E-state index in [0.29, 0.717) is 11.3 Å². The molecule has 8 heteroatoms. The fourth-order valence-electron chi connectivity index (χ4n) is 1.77. The van der Waals surface area contributed by atoms with Gasteiger partial charge >= 0.3 is 6.03 Å². The second-order valence-electron chi connectivity index (χ2n) is 4.15. The standard InChI is InChI=1S/C13H9F2N5O/c14-9-2-1-3-10(15)12(9)19-13(21)18-8-6-16-11-4-5-17-20(11)7-8/h1-7H,(H2,18,19,21). The molecule has 0 aliphatic rings. The maximum absolute atomic E-state index is 13.4. The van der Waals surface area contributed by atoms with Gasteiger partial charge in [0.25, 0.3) is 0 Å². The van der Waals surface area contributed by atoms with Crippen LogP contribution >= 0.6 is 0 Å². The molecule has 0 saturated heterocycles.